The fourth-order valence-corrected chi connectivity index (χ4v) is 2.46. The number of primary amides is 1. The van der Waals surface area contributed by atoms with Gasteiger partial charge >= 0.3 is 0 Å². The minimum Gasteiger partial charge on any atom is -0.481 e. The highest BCUT2D eigenvalue weighted by Gasteiger charge is 2.15. The fraction of sp³-hybridized carbons (Fsp3) is 0.0909. The SMILES string of the molecule is C[C@H](Oc1ccc(C(N)=O)cc1)C(=O)Nc1cccc(Oc2ccccc2)c1. The smallest absolute Gasteiger partial charge is 0.265 e. The van der Waals surface area contributed by atoms with Crippen molar-refractivity contribution in [1.82, 2.24) is 0 Å². The normalized spacial score (nSPS) is 11.3. The monoisotopic (exact) mass is 376 g/mol. The first-order valence-corrected chi connectivity index (χ1v) is 8.71. The summed E-state index contributed by atoms with van der Waals surface area (Å²) in [6.07, 6.45) is -0.738. The first-order valence-electron chi connectivity index (χ1n) is 8.71. The summed E-state index contributed by atoms with van der Waals surface area (Å²) in [6, 6.07) is 22.8. The van der Waals surface area contributed by atoms with E-state index < -0.39 is 12.0 Å². The second-order valence-corrected chi connectivity index (χ2v) is 6.08. The molecule has 2 amide bonds. The number of nitrogens with two attached hydrogens (primary N) is 1. The molecule has 0 heterocycles. The van der Waals surface area contributed by atoms with E-state index in [0.717, 1.165) is 0 Å². The standard InChI is InChI=1S/C22H20N2O4/c1-15(27-19-12-10-16(11-13-19)21(23)25)22(26)24-17-6-5-9-20(14-17)28-18-7-3-2-4-8-18/h2-15H,1H3,(H2,23,25)(H,24,26)/t15-/m0/s1. The predicted molar refractivity (Wildman–Crippen MR) is 107 cm³/mol. The molecule has 0 spiro atoms. The Labute approximate surface area is 162 Å². The second-order valence-electron chi connectivity index (χ2n) is 6.08. The van der Waals surface area contributed by atoms with E-state index in [1.165, 1.54) is 0 Å². The topological polar surface area (TPSA) is 90.7 Å². The van der Waals surface area contributed by atoms with Crippen LogP contribution >= 0.6 is 0 Å². The molecule has 28 heavy (non-hydrogen) atoms. The molecule has 0 bridgehead atoms. The van der Waals surface area contributed by atoms with Gasteiger partial charge in [-0.05, 0) is 55.5 Å². The van der Waals surface area contributed by atoms with Crippen LogP contribution in [0.3, 0.4) is 0 Å². The lowest BCUT2D eigenvalue weighted by Crippen LogP contribution is -2.30. The number of ether oxygens (including phenoxy) is 2. The molecule has 0 saturated heterocycles. The zero-order valence-corrected chi connectivity index (χ0v) is 15.3. The maximum absolute atomic E-state index is 12.4. The maximum atomic E-state index is 12.4. The lowest BCUT2D eigenvalue weighted by Gasteiger charge is -2.15. The minimum atomic E-state index is -0.738. The van der Waals surface area contributed by atoms with Crippen LogP contribution in [0.25, 0.3) is 0 Å². The highest BCUT2D eigenvalue weighted by Crippen LogP contribution is 2.24. The third kappa shape index (κ3) is 5.11. The Morgan fingerprint density at radius 1 is 0.857 bits per heavy atom. The van der Waals surface area contributed by atoms with Crippen LogP contribution in [0.15, 0.2) is 78.9 Å². The van der Waals surface area contributed by atoms with Gasteiger partial charge < -0.3 is 20.5 Å². The van der Waals surface area contributed by atoms with Crippen molar-refractivity contribution in [2.75, 3.05) is 5.32 Å². The molecular formula is C22H20N2O4. The van der Waals surface area contributed by atoms with Gasteiger partial charge in [-0.2, -0.15) is 0 Å². The van der Waals surface area contributed by atoms with E-state index in [1.807, 2.05) is 36.4 Å². The number of rotatable bonds is 7. The molecule has 6 nitrogen and oxygen atoms in total. The van der Waals surface area contributed by atoms with Crippen LogP contribution in [0.4, 0.5) is 5.69 Å². The number of carbonyl (C=O) groups is 2. The molecule has 0 aromatic heterocycles. The molecule has 0 fully saturated rings. The Balaban J connectivity index is 1.60. The number of para-hydroxylation sites is 1. The molecule has 0 radical (unpaired) electrons. The summed E-state index contributed by atoms with van der Waals surface area (Å²) < 4.78 is 11.4. The number of anilines is 1. The highest BCUT2D eigenvalue weighted by atomic mass is 16.5. The molecule has 3 aromatic rings. The summed E-state index contributed by atoms with van der Waals surface area (Å²) in [4.78, 5) is 23.5. The Morgan fingerprint density at radius 2 is 1.54 bits per heavy atom. The molecule has 3 N–H and O–H groups in total. The maximum Gasteiger partial charge on any atom is 0.265 e. The molecule has 3 rings (SSSR count). The van der Waals surface area contributed by atoms with Gasteiger partial charge in [-0.15, -0.1) is 0 Å². The van der Waals surface area contributed by atoms with E-state index in [4.69, 9.17) is 15.2 Å². The second kappa shape index (κ2) is 8.73. The van der Waals surface area contributed by atoms with Crippen molar-refractivity contribution in [3.05, 3.63) is 84.4 Å². The van der Waals surface area contributed by atoms with Gasteiger partial charge in [0.25, 0.3) is 5.91 Å². The molecule has 0 unspecified atom stereocenters. The van der Waals surface area contributed by atoms with E-state index in [-0.39, 0.29) is 5.91 Å². The Kier molecular flexibility index (Phi) is 5.91. The number of amides is 2. The molecule has 142 valence electrons. The summed E-state index contributed by atoms with van der Waals surface area (Å²) in [6.45, 7) is 1.64. The lowest BCUT2D eigenvalue weighted by atomic mass is 10.2. The largest absolute Gasteiger partial charge is 0.481 e. The molecule has 0 saturated carbocycles. The first-order chi connectivity index (χ1) is 13.5. The first kappa shape index (κ1) is 19.0. The summed E-state index contributed by atoms with van der Waals surface area (Å²) >= 11 is 0. The van der Waals surface area contributed by atoms with Gasteiger partial charge in [0.1, 0.15) is 17.2 Å². The van der Waals surface area contributed by atoms with Gasteiger partial charge in [-0.3, -0.25) is 9.59 Å². The predicted octanol–water partition coefficient (Wildman–Crippen LogP) is 3.98. The van der Waals surface area contributed by atoms with Gasteiger partial charge in [0.2, 0.25) is 5.91 Å². The molecule has 0 aliphatic heterocycles. The van der Waals surface area contributed by atoms with Crippen LogP contribution in [0.5, 0.6) is 17.2 Å². The quantitative estimate of drug-likeness (QED) is 0.652. The van der Waals surface area contributed by atoms with Crippen molar-refractivity contribution in [3.63, 3.8) is 0 Å². The molecule has 6 heteroatoms. The van der Waals surface area contributed by atoms with Crippen molar-refractivity contribution in [2.45, 2.75) is 13.0 Å². The number of carbonyl (C=O) groups excluding carboxylic acids is 2. The zero-order valence-electron chi connectivity index (χ0n) is 15.3. The summed E-state index contributed by atoms with van der Waals surface area (Å²) in [5.74, 6) is 0.960. The van der Waals surface area contributed by atoms with Crippen LogP contribution in [-0.2, 0) is 4.79 Å². The molecule has 1 atom stereocenters. The Morgan fingerprint density at radius 3 is 2.21 bits per heavy atom. The van der Waals surface area contributed by atoms with Crippen LogP contribution in [0.1, 0.15) is 17.3 Å². The van der Waals surface area contributed by atoms with Gasteiger partial charge in [0.05, 0.1) is 0 Å². The van der Waals surface area contributed by atoms with E-state index in [0.29, 0.717) is 28.5 Å². The van der Waals surface area contributed by atoms with Gasteiger partial charge in [-0.1, -0.05) is 24.3 Å². The number of hydrogen-bond donors (Lipinski definition) is 2. The van der Waals surface area contributed by atoms with E-state index in [9.17, 15) is 9.59 Å². The Hall–Kier alpha value is -3.80. The molecule has 0 aliphatic rings. The van der Waals surface area contributed by atoms with Gasteiger partial charge in [-0.25, -0.2) is 0 Å². The van der Waals surface area contributed by atoms with Crippen LogP contribution in [0, 0.1) is 0 Å². The average Bonchev–Trinajstić information content (AvgIpc) is 2.69. The van der Waals surface area contributed by atoms with Crippen molar-refractivity contribution in [3.8, 4) is 17.2 Å². The van der Waals surface area contributed by atoms with Crippen LogP contribution in [0.2, 0.25) is 0 Å². The van der Waals surface area contributed by atoms with E-state index >= 15 is 0 Å². The number of benzene rings is 3. The minimum absolute atomic E-state index is 0.309. The van der Waals surface area contributed by atoms with Gasteiger partial charge in [0, 0.05) is 17.3 Å². The van der Waals surface area contributed by atoms with E-state index in [2.05, 4.69) is 5.32 Å². The summed E-state index contributed by atoms with van der Waals surface area (Å²) in [5.41, 5.74) is 6.18. The lowest BCUT2D eigenvalue weighted by molar-refractivity contribution is -0.122. The average molecular weight is 376 g/mol. The van der Waals surface area contributed by atoms with Crippen molar-refractivity contribution in [2.24, 2.45) is 5.73 Å². The fourth-order valence-electron chi connectivity index (χ4n) is 2.46. The third-order valence-electron chi connectivity index (χ3n) is 3.90. The van der Waals surface area contributed by atoms with Crippen LogP contribution in [-0.4, -0.2) is 17.9 Å². The number of hydrogen-bond acceptors (Lipinski definition) is 4. The number of nitrogens with one attached hydrogen (secondary N) is 1. The summed E-state index contributed by atoms with van der Waals surface area (Å²) in [7, 11) is 0. The zero-order chi connectivity index (χ0) is 19.9. The summed E-state index contributed by atoms with van der Waals surface area (Å²) in [5, 5.41) is 2.80. The van der Waals surface area contributed by atoms with Gasteiger partial charge in [0.15, 0.2) is 6.10 Å². The molecule has 3 aromatic carbocycles. The Bertz CT molecular complexity index is 956. The molecule has 0 aliphatic carbocycles. The van der Waals surface area contributed by atoms with Crippen molar-refractivity contribution >= 4 is 17.5 Å². The van der Waals surface area contributed by atoms with E-state index in [1.54, 1.807) is 49.4 Å². The van der Waals surface area contributed by atoms with Crippen LogP contribution < -0.4 is 20.5 Å². The van der Waals surface area contributed by atoms with Crippen molar-refractivity contribution in [1.29, 1.82) is 0 Å². The third-order valence-corrected chi connectivity index (χ3v) is 3.90. The molecular weight excluding hydrogens is 356 g/mol. The van der Waals surface area contributed by atoms with Crippen molar-refractivity contribution < 1.29 is 19.1 Å². The highest BCUT2D eigenvalue weighted by molar-refractivity contribution is 5.94.